The molecular formula is C40H57NO5Si. The number of nitrogens with zero attached hydrogens (tertiary/aromatic N) is 1. The van der Waals surface area contributed by atoms with Crippen LogP contribution >= 0.6 is 0 Å². The smallest absolute Gasteiger partial charge is 0.261 e. The van der Waals surface area contributed by atoms with Gasteiger partial charge in [0.15, 0.2) is 0 Å². The Hall–Kier alpha value is -2.29. The minimum atomic E-state index is -2.66. The number of hydrogen-bond acceptors (Lipinski definition) is 5. The summed E-state index contributed by atoms with van der Waals surface area (Å²) in [4.78, 5) is 18.4. The summed E-state index contributed by atoms with van der Waals surface area (Å²) >= 11 is 0. The number of amides is 1. The first-order valence-corrected chi connectivity index (χ1v) is 19.8. The maximum Gasteiger partial charge on any atom is 0.261 e. The normalized spacial score (nSPS) is 36.0. The Balaban J connectivity index is 1.29. The van der Waals surface area contributed by atoms with E-state index in [2.05, 4.69) is 101 Å². The van der Waals surface area contributed by atoms with Gasteiger partial charge in [-0.25, -0.2) is 5.06 Å². The molecule has 7 heteroatoms. The molecule has 0 bridgehead atoms. The van der Waals surface area contributed by atoms with Crippen LogP contribution in [0.4, 0.5) is 0 Å². The first-order chi connectivity index (χ1) is 22.1. The predicted octanol–water partition coefficient (Wildman–Crippen LogP) is 6.25. The van der Waals surface area contributed by atoms with Crippen molar-refractivity contribution in [2.75, 3.05) is 14.2 Å². The lowest BCUT2D eigenvalue weighted by molar-refractivity contribution is -0.208. The summed E-state index contributed by atoms with van der Waals surface area (Å²) in [5.74, 6) is -0.0761. The zero-order chi connectivity index (χ0) is 34.0. The van der Waals surface area contributed by atoms with E-state index >= 15 is 0 Å². The molecule has 47 heavy (non-hydrogen) atoms. The van der Waals surface area contributed by atoms with Gasteiger partial charge < -0.3 is 14.6 Å². The highest BCUT2D eigenvalue weighted by Gasteiger charge is 2.69. The van der Waals surface area contributed by atoms with E-state index in [0.717, 1.165) is 38.5 Å². The van der Waals surface area contributed by atoms with Crippen LogP contribution < -0.4 is 10.4 Å². The summed E-state index contributed by atoms with van der Waals surface area (Å²) in [5, 5.41) is 27.6. The minimum Gasteiger partial charge on any atom is -0.404 e. The van der Waals surface area contributed by atoms with Gasteiger partial charge in [-0.1, -0.05) is 114 Å². The van der Waals surface area contributed by atoms with E-state index in [1.54, 1.807) is 14.0 Å². The Kier molecular flexibility index (Phi) is 9.00. The highest BCUT2D eigenvalue weighted by molar-refractivity contribution is 6.99. The van der Waals surface area contributed by atoms with E-state index in [9.17, 15) is 15.0 Å². The summed E-state index contributed by atoms with van der Waals surface area (Å²) in [5.41, 5.74) is -0.448. The number of hydrogen-bond donors (Lipinski definition) is 2. The van der Waals surface area contributed by atoms with Gasteiger partial charge >= 0.3 is 0 Å². The van der Waals surface area contributed by atoms with Gasteiger partial charge in [0.2, 0.25) is 0 Å². The molecule has 2 aromatic carbocycles. The van der Waals surface area contributed by atoms with Crippen molar-refractivity contribution in [1.82, 2.24) is 5.06 Å². The fraction of sp³-hybridized carbons (Fsp3) is 0.625. The number of carbonyl (C=O) groups is 1. The molecule has 9 atom stereocenters. The van der Waals surface area contributed by atoms with Crippen molar-refractivity contribution >= 4 is 24.6 Å². The number of carbonyl (C=O) groups excluding carboxylic acids is 1. The van der Waals surface area contributed by atoms with Crippen LogP contribution in [0.5, 0.6) is 0 Å². The lowest BCUT2D eigenvalue weighted by atomic mass is 9.46. The second kappa shape index (κ2) is 12.2. The van der Waals surface area contributed by atoms with Gasteiger partial charge in [-0.3, -0.25) is 9.63 Å². The van der Waals surface area contributed by atoms with Crippen molar-refractivity contribution in [2.45, 2.75) is 109 Å². The molecule has 0 aromatic heterocycles. The quantitative estimate of drug-likeness (QED) is 0.209. The van der Waals surface area contributed by atoms with Crippen molar-refractivity contribution < 1.29 is 24.3 Å². The molecule has 6 nitrogen and oxygen atoms in total. The third-order valence-corrected chi connectivity index (χ3v) is 18.8. The van der Waals surface area contributed by atoms with E-state index in [1.807, 2.05) is 0 Å². The molecule has 1 amide bonds. The van der Waals surface area contributed by atoms with E-state index in [0.29, 0.717) is 18.3 Å². The SMILES string of the molecule is CON(C)C(=O)[C@@H](C)[C@@]1(O)[C@H](O)C[C@H]2[C@@H]3CC=C4C[C@@H](O[Si](c5ccccc5)(c5ccccc5)C(C)(C)C)CC[C@]4(C)[C@H]3CC[C@@]21C. The molecule has 2 aromatic rings. The zero-order valence-electron chi connectivity index (χ0n) is 29.8. The Morgan fingerprint density at radius 3 is 2.13 bits per heavy atom. The monoisotopic (exact) mass is 659 g/mol. The molecule has 0 heterocycles. The van der Waals surface area contributed by atoms with Crippen LogP contribution in [-0.2, 0) is 14.1 Å². The topological polar surface area (TPSA) is 79.2 Å². The Morgan fingerprint density at radius 1 is 0.979 bits per heavy atom. The summed E-state index contributed by atoms with van der Waals surface area (Å²) in [6.07, 6.45) is 8.01. The summed E-state index contributed by atoms with van der Waals surface area (Å²) < 4.78 is 7.64. The number of hydroxylamine groups is 2. The van der Waals surface area contributed by atoms with Crippen molar-refractivity contribution in [2.24, 2.45) is 34.5 Å². The van der Waals surface area contributed by atoms with Crippen molar-refractivity contribution in [1.29, 1.82) is 0 Å². The van der Waals surface area contributed by atoms with Crippen LogP contribution in [-0.4, -0.2) is 61.5 Å². The molecule has 4 aliphatic carbocycles. The van der Waals surface area contributed by atoms with Gasteiger partial charge in [0, 0.05) is 18.6 Å². The van der Waals surface area contributed by atoms with Crippen LogP contribution in [0.1, 0.15) is 86.5 Å². The fourth-order valence-electron chi connectivity index (χ4n) is 11.1. The van der Waals surface area contributed by atoms with E-state index in [-0.39, 0.29) is 28.4 Å². The van der Waals surface area contributed by atoms with Crippen LogP contribution in [0.3, 0.4) is 0 Å². The number of benzene rings is 2. The van der Waals surface area contributed by atoms with Crippen molar-refractivity contribution in [3.8, 4) is 0 Å². The molecule has 0 unspecified atom stereocenters. The first-order valence-electron chi connectivity index (χ1n) is 17.9. The molecular weight excluding hydrogens is 603 g/mol. The maximum atomic E-state index is 13.2. The fourth-order valence-corrected chi connectivity index (χ4v) is 15.8. The molecule has 0 aliphatic heterocycles. The van der Waals surface area contributed by atoms with Crippen LogP contribution in [0, 0.1) is 34.5 Å². The number of allylic oxidation sites excluding steroid dienone is 1. The molecule has 3 saturated carbocycles. The highest BCUT2D eigenvalue weighted by atomic mass is 28.4. The predicted molar refractivity (Wildman–Crippen MR) is 189 cm³/mol. The van der Waals surface area contributed by atoms with Crippen molar-refractivity contribution in [3.05, 3.63) is 72.3 Å². The maximum absolute atomic E-state index is 13.2. The van der Waals surface area contributed by atoms with Crippen LogP contribution in [0.25, 0.3) is 0 Å². The number of aliphatic hydroxyl groups excluding tert-OH is 1. The van der Waals surface area contributed by atoms with Crippen LogP contribution in [0.2, 0.25) is 5.04 Å². The van der Waals surface area contributed by atoms with Crippen LogP contribution in [0.15, 0.2) is 72.3 Å². The second-order valence-electron chi connectivity index (χ2n) is 16.7. The molecule has 256 valence electrons. The average molecular weight is 660 g/mol. The number of aliphatic hydroxyl groups is 2. The van der Waals surface area contributed by atoms with Gasteiger partial charge in [0.25, 0.3) is 14.2 Å². The molecule has 6 rings (SSSR count). The largest absolute Gasteiger partial charge is 0.404 e. The molecule has 2 N–H and O–H groups in total. The van der Waals surface area contributed by atoms with Gasteiger partial charge in [0.05, 0.1) is 19.1 Å². The lowest BCUT2D eigenvalue weighted by Gasteiger charge is -2.60. The number of fused-ring (bicyclic) bond motifs is 5. The summed E-state index contributed by atoms with van der Waals surface area (Å²) in [7, 11) is 0.369. The highest BCUT2D eigenvalue weighted by Crippen LogP contribution is 2.68. The number of rotatable bonds is 7. The molecule has 4 aliphatic rings. The first kappa shape index (κ1) is 34.6. The van der Waals surface area contributed by atoms with Gasteiger partial charge in [-0.05, 0) is 83.5 Å². The lowest BCUT2D eigenvalue weighted by Crippen LogP contribution is -2.68. The third kappa shape index (κ3) is 5.13. The van der Waals surface area contributed by atoms with Crippen molar-refractivity contribution in [3.63, 3.8) is 0 Å². The Bertz CT molecular complexity index is 1430. The second-order valence-corrected chi connectivity index (χ2v) is 20.9. The third-order valence-electron chi connectivity index (χ3n) is 13.7. The zero-order valence-corrected chi connectivity index (χ0v) is 30.8. The Morgan fingerprint density at radius 2 is 1.57 bits per heavy atom. The minimum absolute atomic E-state index is 0.0625. The summed E-state index contributed by atoms with van der Waals surface area (Å²) in [6.45, 7) is 13.4. The van der Waals surface area contributed by atoms with E-state index in [1.165, 1.54) is 28.1 Å². The molecule has 0 saturated heterocycles. The molecule has 3 fully saturated rings. The van der Waals surface area contributed by atoms with E-state index < -0.39 is 31.4 Å². The molecule has 0 radical (unpaired) electrons. The summed E-state index contributed by atoms with van der Waals surface area (Å²) in [6, 6.07) is 21.9. The van der Waals surface area contributed by atoms with Gasteiger partial charge in [-0.15, -0.1) is 0 Å². The standard InChI is InChI=1S/C40H57NO5Si/c1-27(36(43)41(7)45-8)40(44)35(42)26-34-32-20-19-28-25-29(21-23-38(28,5)33(32)22-24-39(34,40)6)46-47(37(2,3)4,30-15-11-9-12-16-30)31-17-13-10-14-18-31/h9-19,27,29,32-35,42,44H,20-26H2,1-8H3/t27-,29+,32-,33+,34+,35-,38+,39+,40-/m1/s1. The molecule has 0 spiro atoms. The van der Waals surface area contributed by atoms with E-state index in [4.69, 9.17) is 9.26 Å². The Labute approximate surface area is 283 Å². The van der Waals surface area contributed by atoms with Gasteiger partial charge in [-0.2, -0.15) is 0 Å². The van der Waals surface area contributed by atoms with Gasteiger partial charge in [0.1, 0.15) is 5.60 Å². The average Bonchev–Trinajstić information content (AvgIpc) is 3.28.